The van der Waals surface area contributed by atoms with E-state index in [2.05, 4.69) is 33.5 Å². The van der Waals surface area contributed by atoms with Gasteiger partial charge in [0, 0.05) is 6.04 Å². The van der Waals surface area contributed by atoms with Crippen LogP contribution >= 0.6 is 11.5 Å². The Hall–Kier alpha value is -1.23. The first-order valence-electron chi connectivity index (χ1n) is 6.41. The number of nitrogens with zero attached hydrogens (tertiary/aromatic N) is 3. The van der Waals surface area contributed by atoms with Gasteiger partial charge in [-0.2, -0.15) is 4.37 Å². The summed E-state index contributed by atoms with van der Waals surface area (Å²) in [7, 11) is 0. The Morgan fingerprint density at radius 2 is 2.22 bits per heavy atom. The number of aryl methyl sites for hydroxylation is 1. The van der Waals surface area contributed by atoms with E-state index in [1.165, 1.54) is 30.8 Å². The van der Waals surface area contributed by atoms with Crippen LogP contribution in [0, 0.1) is 12.3 Å². The van der Waals surface area contributed by atoms with E-state index in [9.17, 15) is 0 Å². The fraction of sp³-hybridized carbons (Fsp3) is 0.615. The van der Waals surface area contributed by atoms with E-state index < -0.39 is 0 Å². The van der Waals surface area contributed by atoms with Crippen LogP contribution < -0.4 is 5.32 Å². The van der Waals surface area contributed by atoms with Crippen molar-refractivity contribution in [2.75, 3.05) is 5.32 Å². The third-order valence-corrected chi connectivity index (χ3v) is 4.86. The smallest absolute Gasteiger partial charge is 0.149 e. The van der Waals surface area contributed by atoms with Crippen molar-refractivity contribution in [2.24, 2.45) is 5.41 Å². The summed E-state index contributed by atoms with van der Waals surface area (Å²) in [6.45, 7) is 6.68. The first-order valence-corrected chi connectivity index (χ1v) is 7.19. The lowest BCUT2D eigenvalue weighted by atomic mass is 9.87. The SMILES string of the molecule is Cc1nsc2ncnc(NC3CCCC3(C)C)c12. The standard InChI is InChI=1S/C13H18N4S/c1-8-10-11(14-7-15-12(10)18-17-8)16-9-5-4-6-13(9,2)3/h7,9H,4-6H2,1-3H3,(H,14,15,16). The molecule has 0 aliphatic heterocycles. The molecule has 1 saturated carbocycles. The van der Waals surface area contributed by atoms with Crippen molar-refractivity contribution in [1.82, 2.24) is 14.3 Å². The van der Waals surface area contributed by atoms with Crippen LogP contribution in [0.4, 0.5) is 5.82 Å². The van der Waals surface area contributed by atoms with Crippen LogP contribution in [-0.4, -0.2) is 20.4 Å². The largest absolute Gasteiger partial charge is 0.366 e. The molecule has 96 valence electrons. The van der Waals surface area contributed by atoms with Crippen molar-refractivity contribution >= 4 is 27.6 Å². The van der Waals surface area contributed by atoms with E-state index in [1.54, 1.807) is 6.33 Å². The summed E-state index contributed by atoms with van der Waals surface area (Å²) in [6.07, 6.45) is 5.42. The highest BCUT2D eigenvalue weighted by Crippen LogP contribution is 2.39. The zero-order valence-corrected chi connectivity index (χ0v) is 11.8. The minimum absolute atomic E-state index is 0.342. The van der Waals surface area contributed by atoms with Crippen molar-refractivity contribution in [2.45, 2.75) is 46.1 Å². The van der Waals surface area contributed by atoms with Crippen LogP contribution in [-0.2, 0) is 0 Å². The maximum atomic E-state index is 4.41. The maximum absolute atomic E-state index is 4.41. The molecule has 2 aromatic rings. The fourth-order valence-electron chi connectivity index (χ4n) is 2.79. The molecule has 1 fully saturated rings. The molecule has 0 bridgehead atoms. The Balaban J connectivity index is 1.98. The molecule has 5 heteroatoms. The van der Waals surface area contributed by atoms with Gasteiger partial charge in [-0.25, -0.2) is 9.97 Å². The first kappa shape index (κ1) is 11.8. The van der Waals surface area contributed by atoms with Gasteiger partial charge >= 0.3 is 0 Å². The molecule has 4 nitrogen and oxygen atoms in total. The zero-order chi connectivity index (χ0) is 12.8. The van der Waals surface area contributed by atoms with Gasteiger partial charge in [0.15, 0.2) is 0 Å². The lowest BCUT2D eigenvalue weighted by Crippen LogP contribution is -2.31. The minimum atomic E-state index is 0.342. The average molecular weight is 262 g/mol. The highest BCUT2D eigenvalue weighted by Gasteiger charge is 2.34. The van der Waals surface area contributed by atoms with Gasteiger partial charge < -0.3 is 5.32 Å². The molecule has 1 aliphatic rings. The molecule has 1 N–H and O–H groups in total. The van der Waals surface area contributed by atoms with Gasteiger partial charge in [0.1, 0.15) is 17.0 Å². The summed E-state index contributed by atoms with van der Waals surface area (Å²) < 4.78 is 4.37. The third-order valence-electron chi connectivity index (χ3n) is 4.01. The van der Waals surface area contributed by atoms with E-state index >= 15 is 0 Å². The molecule has 2 heterocycles. The average Bonchev–Trinajstić information content (AvgIpc) is 2.85. The number of anilines is 1. The van der Waals surface area contributed by atoms with Crippen LogP contribution in [0.25, 0.3) is 10.2 Å². The minimum Gasteiger partial charge on any atom is -0.366 e. The second-order valence-corrected chi connectivity index (χ2v) is 6.50. The third kappa shape index (κ3) is 1.86. The van der Waals surface area contributed by atoms with Crippen LogP contribution in [0.3, 0.4) is 0 Å². The molecular weight excluding hydrogens is 244 g/mol. The summed E-state index contributed by atoms with van der Waals surface area (Å²) in [4.78, 5) is 9.66. The van der Waals surface area contributed by atoms with Gasteiger partial charge in [0.25, 0.3) is 0 Å². The van der Waals surface area contributed by atoms with Crippen LogP contribution in [0.2, 0.25) is 0 Å². The van der Waals surface area contributed by atoms with Gasteiger partial charge in [-0.05, 0) is 36.7 Å². The summed E-state index contributed by atoms with van der Waals surface area (Å²) >= 11 is 1.44. The van der Waals surface area contributed by atoms with Crippen molar-refractivity contribution < 1.29 is 0 Å². The number of aromatic nitrogens is 3. The van der Waals surface area contributed by atoms with E-state index in [0.29, 0.717) is 11.5 Å². The van der Waals surface area contributed by atoms with Gasteiger partial charge in [-0.1, -0.05) is 20.3 Å². The Kier molecular flexibility index (Phi) is 2.73. The Morgan fingerprint density at radius 3 is 2.94 bits per heavy atom. The van der Waals surface area contributed by atoms with E-state index in [4.69, 9.17) is 0 Å². The number of hydrogen-bond donors (Lipinski definition) is 1. The normalized spacial score (nSPS) is 22.5. The molecule has 18 heavy (non-hydrogen) atoms. The lowest BCUT2D eigenvalue weighted by molar-refractivity contribution is 0.349. The maximum Gasteiger partial charge on any atom is 0.149 e. The monoisotopic (exact) mass is 262 g/mol. The molecule has 3 rings (SSSR count). The Morgan fingerprint density at radius 1 is 1.39 bits per heavy atom. The van der Waals surface area contributed by atoms with Crippen molar-refractivity contribution in [3.8, 4) is 0 Å². The Bertz CT molecular complexity index is 575. The van der Waals surface area contributed by atoms with Crippen LogP contribution in [0.1, 0.15) is 38.8 Å². The molecule has 1 aliphatic carbocycles. The molecule has 2 aromatic heterocycles. The van der Waals surface area contributed by atoms with E-state index in [-0.39, 0.29) is 0 Å². The molecule has 1 atom stereocenters. The number of nitrogens with one attached hydrogen (secondary N) is 1. The second-order valence-electron chi connectivity index (χ2n) is 5.75. The highest BCUT2D eigenvalue weighted by atomic mass is 32.1. The van der Waals surface area contributed by atoms with E-state index in [0.717, 1.165) is 21.7 Å². The van der Waals surface area contributed by atoms with Crippen molar-refractivity contribution in [1.29, 1.82) is 0 Å². The lowest BCUT2D eigenvalue weighted by Gasteiger charge is -2.28. The Labute approximate surface area is 111 Å². The second kappa shape index (κ2) is 4.16. The summed E-state index contributed by atoms with van der Waals surface area (Å²) in [5.74, 6) is 0.950. The summed E-state index contributed by atoms with van der Waals surface area (Å²) in [5, 5.41) is 4.70. The quantitative estimate of drug-likeness (QED) is 0.901. The van der Waals surface area contributed by atoms with Gasteiger partial charge in [0.2, 0.25) is 0 Å². The topological polar surface area (TPSA) is 50.7 Å². The molecule has 1 unspecified atom stereocenters. The van der Waals surface area contributed by atoms with Gasteiger partial charge in [-0.3, -0.25) is 0 Å². The number of rotatable bonds is 2. The first-order chi connectivity index (χ1) is 8.58. The zero-order valence-electron chi connectivity index (χ0n) is 11.0. The molecule has 0 saturated heterocycles. The number of hydrogen-bond acceptors (Lipinski definition) is 5. The predicted molar refractivity (Wildman–Crippen MR) is 75.0 cm³/mol. The van der Waals surface area contributed by atoms with Crippen LogP contribution in [0.5, 0.6) is 0 Å². The van der Waals surface area contributed by atoms with Gasteiger partial charge in [0.05, 0.1) is 11.1 Å². The van der Waals surface area contributed by atoms with Gasteiger partial charge in [-0.15, -0.1) is 0 Å². The summed E-state index contributed by atoms with van der Waals surface area (Å²) in [5.41, 5.74) is 1.36. The van der Waals surface area contributed by atoms with Crippen molar-refractivity contribution in [3.63, 3.8) is 0 Å². The molecule has 0 amide bonds. The van der Waals surface area contributed by atoms with Crippen molar-refractivity contribution in [3.05, 3.63) is 12.0 Å². The van der Waals surface area contributed by atoms with Crippen LogP contribution in [0.15, 0.2) is 6.33 Å². The highest BCUT2D eigenvalue weighted by molar-refractivity contribution is 7.13. The molecule has 0 aromatic carbocycles. The molecule has 0 spiro atoms. The molecule has 0 radical (unpaired) electrons. The summed E-state index contributed by atoms with van der Waals surface area (Å²) in [6, 6.07) is 0.495. The number of fused-ring (bicyclic) bond motifs is 1. The predicted octanol–water partition coefficient (Wildman–Crippen LogP) is 3.39. The fourth-order valence-corrected chi connectivity index (χ4v) is 3.54. The molecular formula is C13H18N4S. The van der Waals surface area contributed by atoms with E-state index in [1.807, 2.05) is 6.92 Å².